The Morgan fingerprint density at radius 3 is 2.47 bits per heavy atom. The Labute approximate surface area is 280 Å². The number of fused-ring (bicyclic) bond motifs is 5. The normalized spacial score (nSPS) is 33.0. The Balaban J connectivity index is 0.962. The second kappa shape index (κ2) is 12.3. The fourth-order valence-electron chi connectivity index (χ4n) is 10.3. The highest BCUT2D eigenvalue weighted by Crippen LogP contribution is 2.65. The van der Waals surface area contributed by atoms with Crippen molar-refractivity contribution in [3.63, 3.8) is 0 Å². The topological polar surface area (TPSA) is 112 Å². The summed E-state index contributed by atoms with van der Waals surface area (Å²) in [5, 5.41) is 41.0. The minimum Gasteiger partial charge on any atom is -0.508 e. The Morgan fingerprint density at radius 1 is 0.979 bits per heavy atom. The quantitative estimate of drug-likeness (QED) is 0.256. The first-order valence-electron chi connectivity index (χ1n) is 17.8. The fraction of sp³-hybridized carbons (Fsp3) is 0.632. The average molecular weight is 645 g/mol. The van der Waals surface area contributed by atoms with Crippen LogP contribution in [-0.2, 0) is 11.6 Å². The first-order chi connectivity index (χ1) is 22.3. The number of ether oxygens (including phenoxy) is 1. The van der Waals surface area contributed by atoms with Gasteiger partial charge in [-0.3, -0.25) is 5.01 Å². The predicted molar refractivity (Wildman–Crippen MR) is 182 cm³/mol. The van der Waals surface area contributed by atoms with Crippen molar-refractivity contribution >= 4 is 0 Å². The number of piperidine rings is 1. The Kier molecular flexibility index (Phi) is 8.53. The van der Waals surface area contributed by atoms with Crippen molar-refractivity contribution in [1.29, 1.82) is 0 Å². The third kappa shape index (κ3) is 6.14. The molecule has 6 atom stereocenters. The van der Waals surface area contributed by atoms with Gasteiger partial charge in [-0.05, 0) is 143 Å². The minimum absolute atomic E-state index is 0.0597. The number of nitrogens with zero attached hydrogens (tertiary/aromatic N) is 2. The van der Waals surface area contributed by atoms with Crippen LogP contribution in [0.4, 0.5) is 0 Å². The van der Waals surface area contributed by atoms with Crippen LogP contribution in [-0.4, -0.2) is 63.2 Å². The number of phenols is 1. The maximum absolute atomic E-state index is 12.7. The number of aryl methyl sites for hydroxylation is 1. The van der Waals surface area contributed by atoms with E-state index in [2.05, 4.69) is 59.7 Å². The molecule has 3 fully saturated rings. The number of nitrogens with one attached hydrogen (secondary N) is 3. The Bertz CT molecular complexity index is 1460. The van der Waals surface area contributed by atoms with E-state index in [1.165, 1.54) is 21.8 Å². The molecule has 2 aromatic rings. The summed E-state index contributed by atoms with van der Waals surface area (Å²) in [5.74, 6) is 3.01. The molecular weight excluding hydrogens is 590 g/mol. The van der Waals surface area contributed by atoms with Crippen LogP contribution in [0.2, 0.25) is 0 Å². The maximum Gasteiger partial charge on any atom is 0.119 e. The molecule has 0 amide bonds. The van der Waals surface area contributed by atoms with E-state index in [9.17, 15) is 15.4 Å². The van der Waals surface area contributed by atoms with E-state index in [4.69, 9.17) is 4.74 Å². The molecule has 1 radical (unpaired) electrons. The van der Waals surface area contributed by atoms with E-state index < -0.39 is 0 Å². The molecule has 5 N–H and O–H groups in total. The number of benzene rings is 2. The molecule has 0 bridgehead atoms. The molecule has 2 aromatic carbocycles. The summed E-state index contributed by atoms with van der Waals surface area (Å²) in [5.41, 5.74) is 10.7. The third-order valence-corrected chi connectivity index (χ3v) is 12.4. The molecule has 47 heavy (non-hydrogen) atoms. The number of hydrazine groups is 2. The molecule has 5 aliphatic rings. The van der Waals surface area contributed by atoms with E-state index in [0.717, 1.165) is 56.4 Å². The number of aliphatic hydroxyl groups is 1. The van der Waals surface area contributed by atoms with Gasteiger partial charge in [0.2, 0.25) is 0 Å². The molecule has 255 valence electrons. The number of aliphatic hydroxyl groups excluding tert-OH is 1. The van der Waals surface area contributed by atoms with Gasteiger partial charge in [-0.25, -0.2) is 0 Å². The van der Waals surface area contributed by atoms with Crippen molar-refractivity contribution in [2.75, 3.05) is 19.7 Å². The van der Waals surface area contributed by atoms with Crippen LogP contribution in [0, 0.1) is 17.3 Å². The fourth-order valence-corrected chi connectivity index (χ4v) is 10.3. The lowest BCUT2D eigenvalue weighted by molar-refractivity contribution is -0.290. The molecule has 2 saturated carbocycles. The summed E-state index contributed by atoms with van der Waals surface area (Å²) in [6.07, 6.45) is 8.58. The highest BCUT2D eigenvalue weighted by Gasteiger charge is 2.57. The van der Waals surface area contributed by atoms with Gasteiger partial charge in [-0.1, -0.05) is 25.1 Å². The number of hydroxylamine groups is 2. The Morgan fingerprint density at radius 2 is 1.72 bits per heavy atom. The molecule has 3 aliphatic carbocycles. The van der Waals surface area contributed by atoms with Gasteiger partial charge in [0, 0.05) is 29.9 Å². The summed E-state index contributed by atoms with van der Waals surface area (Å²) in [6.45, 7) is 12.4. The van der Waals surface area contributed by atoms with Gasteiger partial charge in [-0.15, -0.1) is 15.8 Å². The van der Waals surface area contributed by atoms with Crippen LogP contribution in [0.15, 0.2) is 54.4 Å². The van der Waals surface area contributed by atoms with Gasteiger partial charge >= 0.3 is 0 Å². The van der Waals surface area contributed by atoms with Crippen molar-refractivity contribution in [2.24, 2.45) is 17.3 Å². The summed E-state index contributed by atoms with van der Waals surface area (Å²) in [6, 6.07) is 14.9. The molecule has 0 aromatic heterocycles. The molecule has 2 aliphatic heterocycles. The standard InChI is InChI=1S/C38H54N5O4/c1-36(2)19-26(20-37(3,4)43(36)46)39-22-27-23-42(41-40-27)16-17-47-29-10-6-24(7-11-29)32-21-38(5)33(14-15-34(38)45)31-12-8-25-18-28(44)9-13-30(25)35(31)32/h6-7,9-11,13,18,23,26,31-35,39-41,44-45H,8,12,14-17,19-22H2,1-5H3/t31?,32-,33?,34+,35?,38+/m1/s1. The third-order valence-electron chi connectivity index (χ3n) is 12.4. The first-order valence-corrected chi connectivity index (χ1v) is 17.8. The van der Waals surface area contributed by atoms with E-state index in [-0.39, 0.29) is 28.6 Å². The van der Waals surface area contributed by atoms with Crippen molar-refractivity contribution in [1.82, 2.24) is 26.3 Å². The van der Waals surface area contributed by atoms with Gasteiger partial charge in [0.15, 0.2) is 0 Å². The van der Waals surface area contributed by atoms with Crippen molar-refractivity contribution < 1.29 is 20.2 Å². The zero-order chi connectivity index (χ0) is 33.1. The molecule has 1 saturated heterocycles. The maximum atomic E-state index is 12.7. The molecule has 3 unspecified atom stereocenters. The molecule has 9 nitrogen and oxygen atoms in total. The van der Waals surface area contributed by atoms with E-state index >= 15 is 0 Å². The van der Waals surface area contributed by atoms with Crippen molar-refractivity contribution in [2.45, 2.75) is 115 Å². The van der Waals surface area contributed by atoms with Crippen LogP contribution in [0.5, 0.6) is 11.5 Å². The zero-order valence-electron chi connectivity index (χ0n) is 28.8. The van der Waals surface area contributed by atoms with Crippen LogP contribution in [0.1, 0.15) is 102 Å². The van der Waals surface area contributed by atoms with Crippen LogP contribution >= 0.6 is 0 Å². The van der Waals surface area contributed by atoms with Crippen LogP contribution in [0.3, 0.4) is 0 Å². The van der Waals surface area contributed by atoms with Gasteiger partial charge in [0.25, 0.3) is 0 Å². The summed E-state index contributed by atoms with van der Waals surface area (Å²) in [7, 11) is 0. The van der Waals surface area contributed by atoms with E-state index in [1.807, 2.05) is 44.8 Å². The SMILES string of the molecule is CC1(C)CC(NCC2=CN(CCOc3ccc([C@H]4C[C@@]5(C)C(CC[C@@H]5O)C5CCc6cc(O)ccc6C54)cc3)NN2)CC(C)(C)N1[O]. The number of hydrogen-bond donors (Lipinski definition) is 5. The second-order valence-corrected chi connectivity index (χ2v) is 16.5. The van der Waals surface area contributed by atoms with Gasteiger partial charge in [-0.2, -0.15) is 0 Å². The molecule has 7 rings (SSSR count). The zero-order valence-corrected chi connectivity index (χ0v) is 28.8. The lowest BCUT2D eigenvalue weighted by atomic mass is 9.51. The van der Waals surface area contributed by atoms with Crippen molar-refractivity contribution in [3.8, 4) is 11.5 Å². The van der Waals surface area contributed by atoms with Gasteiger partial charge < -0.3 is 25.7 Å². The smallest absolute Gasteiger partial charge is 0.119 e. The molecule has 9 heteroatoms. The summed E-state index contributed by atoms with van der Waals surface area (Å²) in [4.78, 5) is 0. The molecular formula is C38H54N5O4. The number of aromatic hydroxyl groups is 1. The lowest BCUT2D eigenvalue weighted by Crippen LogP contribution is -2.62. The average Bonchev–Trinajstić information content (AvgIpc) is 3.61. The van der Waals surface area contributed by atoms with E-state index in [0.29, 0.717) is 49.1 Å². The monoisotopic (exact) mass is 644 g/mol. The largest absolute Gasteiger partial charge is 0.508 e. The number of rotatable bonds is 8. The van der Waals surface area contributed by atoms with Crippen LogP contribution < -0.4 is 21.0 Å². The predicted octanol–water partition coefficient (Wildman–Crippen LogP) is 5.50. The summed E-state index contributed by atoms with van der Waals surface area (Å²) < 4.78 is 6.18. The van der Waals surface area contributed by atoms with Crippen LogP contribution in [0.25, 0.3) is 0 Å². The second-order valence-electron chi connectivity index (χ2n) is 16.5. The highest BCUT2D eigenvalue weighted by molar-refractivity contribution is 5.44. The molecule has 0 spiro atoms. The van der Waals surface area contributed by atoms with Gasteiger partial charge in [0.1, 0.15) is 18.1 Å². The number of hydrogen-bond acceptors (Lipinski definition) is 8. The first kappa shape index (κ1) is 32.7. The number of phenolic OH excluding ortho intramolecular Hbond substituents is 1. The minimum atomic E-state index is -0.387. The molecule has 2 heterocycles. The van der Waals surface area contributed by atoms with Gasteiger partial charge in [0.05, 0.1) is 18.3 Å². The van der Waals surface area contributed by atoms with Crippen molar-refractivity contribution in [3.05, 3.63) is 71.1 Å². The Hall–Kier alpha value is -2.82. The highest BCUT2D eigenvalue weighted by atomic mass is 16.5. The summed E-state index contributed by atoms with van der Waals surface area (Å²) >= 11 is 0. The lowest BCUT2D eigenvalue weighted by Gasteiger charge is -2.54. The van der Waals surface area contributed by atoms with E-state index in [1.54, 1.807) is 0 Å².